The Balaban J connectivity index is 2.42. The molecule has 4 atom stereocenters. The molecule has 2 rings (SSSR count). The third kappa shape index (κ3) is 3.34. The third-order valence-corrected chi connectivity index (χ3v) is 3.64. The Morgan fingerprint density at radius 2 is 2.13 bits per heavy atom. The van der Waals surface area contributed by atoms with Crippen molar-refractivity contribution in [2.45, 2.75) is 31.0 Å². The Hall–Kier alpha value is -2.01. The van der Waals surface area contributed by atoms with Crippen molar-refractivity contribution in [3.63, 3.8) is 0 Å². The zero-order chi connectivity index (χ0) is 17.1. The number of hydrogen-bond donors (Lipinski definition) is 3. The first-order chi connectivity index (χ1) is 10.9. The average molecular weight is 330 g/mol. The van der Waals surface area contributed by atoms with Crippen LogP contribution < -0.4 is 11.2 Å². The SMILES string of the molecule is COC(=O)Cc1cn([C@@H]2O[C@H](CO)[C@H](O)[C@@H]2OC)c(=O)[nH]c1=O. The molecule has 3 N–H and O–H groups in total. The summed E-state index contributed by atoms with van der Waals surface area (Å²) in [6, 6.07) is 0. The van der Waals surface area contributed by atoms with Gasteiger partial charge >= 0.3 is 11.7 Å². The number of ether oxygens (including phenoxy) is 3. The number of hydrogen-bond acceptors (Lipinski definition) is 8. The van der Waals surface area contributed by atoms with Crippen molar-refractivity contribution < 1.29 is 29.2 Å². The van der Waals surface area contributed by atoms with Gasteiger partial charge in [-0.05, 0) is 0 Å². The Bertz CT molecular complexity index is 681. The Labute approximate surface area is 130 Å². The number of nitrogens with one attached hydrogen (secondary N) is 1. The van der Waals surface area contributed by atoms with Gasteiger partial charge in [-0.25, -0.2) is 4.79 Å². The van der Waals surface area contributed by atoms with E-state index in [9.17, 15) is 24.6 Å². The van der Waals surface area contributed by atoms with Gasteiger partial charge in [0.05, 0.1) is 20.1 Å². The molecule has 0 bridgehead atoms. The first kappa shape index (κ1) is 17.3. The largest absolute Gasteiger partial charge is 0.469 e. The van der Waals surface area contributed by atoms with E-state index in [0.29, 0.717) is 0 Å². The Morgan fingerprint density at radius 3 is 2.70 bits per heavy atom. The fourth-order valence-electron chi connectivity index (χ4n) is 2.42. The van der Waals surface area contributed by atoms with Gasteiger partial charge in [0.1, 0.15) is 18.3 Å². The molecule has 0 unspecified atom stereocenters. The van der Waals surface area contributed by atoms with Crippen molar-refractivity contribution in [2.75, 3.05) is 20.8 Å². The van der Waals surface area contributed by atoms with Crippen LogP contribution in [-0.2, 0) is 25.4 Å². The molecule has 1 aliphatic heterocycles. The Kier molecular flexibility index (Phi) is 5.31. The van der Waals surface area contributed by atoms with E-state index < -0.39 is 48.4 Å². The molecule has 0 amide bonds. The Morgan fingerprint density at radius 1 is 1.43 bits per heavy atom. The van der Waals surface area contributed by atoms with Crippen LogP contribution in [0.2, 0.25) is 0 Å². The minimum atomic E-state index is -1.15. The summed E-state index contributed by atoms with van der Waals surface area (Å²) >= 11 is 0. The highest BCUT2D eigenvalue weighted by atomic mass is 16.6. The molecule has 0 aliphatic carbocycles. The van der Waals surface area contributed by atoms with Crippen LogP contribution in [0.1, 0.15) is 11.8 Å². The van der Waals surface area contributed by atoms with Crippen LogP contribution in [0.3, 0.4) is 0 Å². The van der Waals surface area contributed by atoms with Gasteiger partial charge in [-0.3, -0.25) is 19.1 Å². The first-order valence-corrected chi connectivity index (χ1v) is 6.81. The van der Waals surface area contributed by atoms with Gasteiger partial charge in [0.15, 0.2) is 6.23 Å². The summed E-state index contributed by atoms with van der Waals surface area (Å²) in [5.41, 5.74) is -1.51. The quantitative estimate of drug-likeness (QED) is 0.504. The summed E-state index contributed by atoms with van der Waals surface area (Å²) in [5.74, 6) is -0.649. The zero-order valence-corrected chi connectivity index (χ0v) is 12.6. The molecule has 1 fully saturated rings. The molecule has 10 nitrogen and oxygen atoms in total. The molecule has 0 saturated carbocycles. The first-order valence-electron chi connectivity index (χ1n) is 6.81. The van der Waals surface area contributed by atoms with Crippen LogP contribution >= 0.6 is 0 Å². The molecule has 1 aliphatic rings. The van der Waals surface area contributed by atoms with Crippen molar-refractivity contribution in [3.8, 4) is 0 Å². The second kappa shape index (κ2) is 7.04. The molecule has 10 heteroatoms. The molecule has 128 valence electrons. The number of carbonyl (C=O) groups is 1. The second-order valence-electron chi connectivity index (χ2n) is 5.01. The predicted molar refractivity (Wildman–Crippen MR) is 74.8 cm³/mol. The molecule has 2 heterocycles. The topological polar surface area (TPSA) is 140 Å². The molecule has 1 aromatic rings. The maximum Gasteiger partial charge on any atom is 0.330 e. The van der Waals surface area contributed by atoms with Crippen LogP contribution in [0.15, 0.2) is 15.8 Å². The number of aliphatic hydroxyl groups is 2. The third-order valence-electron chi connectivity index (χ3n) is 3.64. The fourth-order valence-corrected chi connectivity index (χ4v) is 2.42. The summed E-state index contributed by atoms with van der Waals surface area (Å²) in [6.07, 6.45) is -3.26. The van der Waals surface area contributed by atoms with Crippen LogP contribution in [-0.4, -0.2) is 64.9 Å². The number of esters is 1. The van der Waals surface area contributed by atoms with E-state index in [1.165, 1.54) is 14.2 Å². The molecule has 1 saturated heterocycles. The molecule has 0 spiro atoms. The molecular formula is C13H18N2O8. The van der Waals surface area contributed by atoms with Gasteiger partial charge in [-0.1, -0.05) is 0 Å². The fraction of sp³-hybridized carbons (Fsp3) is 0.615. The van der Waals surface area contributed by atoms with Gasteiger partial charge in [0.25, 0.3) is 5.56 Å². The zero-order valence-electron chi connectivity index (χ0n) is 12.6. The van der Waals surface area contributed by atoms with Gasteiger partial charge in [-0.2, -0.15) is 0 Å². The van der Waals surface area contributed by atoms with Crippen molar-refractivity contribution in [1.29, 1.82) is 0 Å². The van der Waals surface area contributed by atoms with E-state index >= 15 is 0 Å². The summed E-state index contributed by atoms with van der Waals surface area (Å²) in [4.78, 5) is 37.2. The van der Waals surface area contributed by atoms with Crippen LogP contribution in [0, 0.1) is 0 Å². The monoisotopic (exact) mass is 330 g/mol. The lowest BCUT2D eigenvalue weighted by Gasteiger charge is -2.20. The van der Waals surface area contributed by atoms with Gasteiger partial charge in [0, 0.05) is 18.9 Å². The lowest BCUT2D eigenvalue weighted by molar-refractivity contribution is -0.139. The smallest absolute Gasteiger partial charge is 0.330 e. The standard InChI is InChI=1S/C13H18N2O8/c1-21-8(17)3-6-4-15(13(20)14-11(6)19)12-10(22-2)9(18)7(5-16)23-12/h4,7,9-10,12,16,18H,3,5H2,1-2H3,(H,14,19,20)/t7-,9+,10+,12-/m1/s1. The second-order valence-corrected chi connectivity index (χ2v) is 5.01. The van der Waals surface area contributed by atoms with Crippen molar-refractivity contribution in [3.05, 3.63) is 32.6 Å². The highest BCUT2D eigenvalue weighted by Gasteiger charge is 2.45. The molecule has 0 aromatic carbocycles. The number of methoxy groups -OCH3 is 2. The van der Waals surface area contributed by atoms with Crippen molar-refractivity contribution >= 4 is 5.97 Å². The van der Waals surface area contributed by atoms with E-state index in [1.807, 2.05) is 0 Å². The number of carbonyl (C=O) groups excluding carboxylic acids is 1. The summed E-state index contributed by atoms with van der Waals surface area (Å²) in [7, 11) is 2.49. The molecule has 1 aromatic heterocycles. The summed E-state index contributed by atoms with van der Waals surface area (Å²) in [5, 5.41) is 19.2. The van der Waals surface area contributed by atoms with Crippen LogP contribution in [0.25, 0.3) is 0 Å². The van der Waals surface area contributed by atoms with Gasteiger partial charge in [0.2, 0.25) is 0 Å². The highest BCUT2D eigenvalue weighted by Crippen LogP contribution is 2.30. The minimum Gasteiger partial charge on any atom is -0.469 e. The number of H-pyrrole nitrogens is 1. The van der Waals surface area contributed by atoms with Crippen LogP contribution in [0.5, 0.6) is 0 Å². The van der Waals surface area contributed by atoms with Crippen molar-refractivity contribution in [1.82, 2.24) is 9.55 Å². The minimum absolute atomic E-state index is 0.00292. The molecule has 23 heavy (non-hydrogen) atoms. The maximum atomic E-state index is 12.0. The normalized spacial score (nSPS) is 27.1. The van der Waals surface area contributed by atoms with E-state index in [0.717, 1.165) is 10.8 Å². The molecule has 0 radical (unpaired) electrons. The van der Waals surface area contributed by atoms with Crippen molar-refractivity contribution in [2.24, 2.45) is 0 Å². The van der Waals surface area contributed by atoms with E-state index in [4.69, 9.17) is 9.47 Å². The number of aromatic nitrogens is 2. The van der Waals surface area contributed by atoms with E-state index in [2.05, 4.69) is 9.72 Å². The maximum absolute atomic E-state index is 12.0. The highest BCUT2D eigenvalue weighted by molar-refractivity contribution is 5.72. The lowest BCUT2D eigenvalue weighted by atomic mass is 10.1. The van der Waals surface area contributed by atoms with Gasteiger partial charge < -0.3 is 24.4 Å². The van der Waals surface area contributed by atoms with E-state index in [-0.39, 0.29) is 12.0 Å². The summed E-state index contributed by atoms with van der Waals surface area (Å²) in [6.45, 7) is -0.468. The predicted octanol–water partition coefficient (Wildman–Crippen LogP) is -2.48. The van der Waals surface area contributed by atoms with Gasteiger partial charge in [-0.15, -0.1) is 0 Å². The number of nitrogens with zero attached hydrogens (tertiary/aromatic N) is 1. The number of rotatable bonds is 5. The molecular weight excluding hydrogens is 312 g/mol. The van der Waals surface area contributed by atoms with E-state index in [1.54, 1.807) is 0 Å². The summed E-state index contributed by atoms with van der Waals surface area (Å²) < 4.78 is 16.0. The number of aromatic amines is 1. The number of aliphatic hydroxyl groups excluding tert-OH is 2. The average Bonchev–Trinajstić information content (AvgIpc) is 2.85. The lowest BCUT2D eigenvalue weighted by Crippen LogP contribution is -2.40. The van der Waals surface area contributed by atoms with Crippen LogP contribution in [0.4, 0.5) is 0 Å².